The third-order valence-corrected chi connectivity index (χ3v) is 10.4. The maximum atomic E-state index is 12.8. The Morgan fingerprint density at radius 3 is 2.54 bits per heavy atom. The van der Waals surface area contributed by atoms with Gasteiger partial charge < -0.3 is 21.2 Å². The fourth-order valence-corrected chi connectivity index (χ4v) is 7.84. The molecule has 0 radical (unpaired) electrons. The highest BCUT2D eigenvalue weighted by Crippen LogP contribution is 2.37. The second kappa shape index (κ2) is 12.3. The van der Waals surface area contributed by atoms with Gasteiger partial charge in [0, 0.05) is 44.9 Å². The van der Waals surface area contributed by atoms with Gasteiger partial charge in [0.1, 0.15) is 0 Å². The summed E-state index contributed by atoms with van der Waals surface area (Å²) in [6, 6.07) is 11.8. The summed E-state index contributed by atoms with van der Waals surface area (Å²) < 4.78 is 32.1. The van der Waals surface area contributed by atoms with E-state index < -0.39 is 15.9 Å². The molecule has 0 saturated carbocycles. The molecule has 5 rings (SSSR count). The van der Waals surface area contributed by atoms with Crippen LogP contribution in [0.5, 0.6) is 0 Å². The first kappa shape index (κ1) is 29.2. The molecule has 0 bridgehead atoms. The van der Waals surface area contributed by atoms with Crippen molar-refractivity contribution in [3.8, 4) is 11.1 Å². The smallest absolute Gasteiger partial charge is 0.250 e. The number of nitrogens with one attached hydrogen (secondary N) is 1. The largest absolute Gasteiger partial charge is 0.385 e. The lowest BCUT2D eigenvalue weighted by atomic mass is 9.88. The first-order valence-corrected chi connectivity index (χ1v) is 15.8. The van der Waals surface area contributed by atoms with E-state index in [1.54, 1.807) is 11.4 Å². The zero-order valence-corrected chi connectivity index (χ0v) is 24.3. The summed E-state index contributed by atoms with van der Waals surface area (Å²) in [7, 11) is -1.75. The van der Waals surface area contributed by atoms with E-state index in [2.05, 4.69) is 22.0 Å². The molecule has 11 heteroatoms. The number of ether oxygens (including phenoxy) is 1. The molecule has 3 heterocycles. The third-order valence-electron chi connectivity index (χ3n) is 8.46. The Hall–Kier alpha value is -3.25. The van der Waals surface area contributed by atoms with Crippen molar-refractivity contribution in [3.63, 3.8) is 0 Å². The number of likely N-dealkylation sites (tertiary alicyclic amines) is 1. The van der Waals surface area contributed by atoms with Gasteiger partial charge in [-0.3, -0.25) is 14.5 Å². The van der Waals surface area contributed by atoms with Crippen molar-refractivity contribution in [3.05, 3.63) is 59.3 Å². The molecule has 0 unspecified atom stereocenters. The number of methoxy groups -OCH3 is 1. The first-order chi connectivity index (χ1) is 19.7. The quantitative estimate of drug-likeness (QED) is 0.296. The van der Waals surface area contributed by atoms with Crippen molar-refractivity contribution in [2.45, 2.75) is 50.6 Å². The van der Waals surface area contributed by atoms with Gasteiger partial charge in [-0.05, 0) is 85.0 Å². The van der Waals surface area contributed by atoms with Crippen LogP contribution in [0.25, 0.3) is 22.0 Å². The van der Waals surface area contributed by atoms with Crippen molar-refractivity contribution < 1.29 is 22.7 Å². The van der Waals surface area contributed by atoms with Gasteiger partial charge in [-0.1, -0.05) is 18.2 Å². The number of carbonyl (C=O) groups excluding carboxylic acids is 2. The van der Waals surface area contributed by atoms with Crippen LogP contribution in [0.4, 0.5) is 0 Å². The van der Waals surface area contributed by atoms with E-state index in [0.717, 1.165) is 47.0 Å². The monoisotopic (exact) mass is 581 g/mol. The predicted octanol–water partition coefficient (Wildman–Crippen LogP) is 2.93. The SMILES string of the molecule is COCCCS(=O)(=O)N1CCC(c2c[nH]c3c(C(N)=O)cc(-c4cccc(CN5CCC[C@H]5C(N)=O)c4)cc23)CC1. The van der Waals surface area contributed by atoms with E-state index in [1.165, 1.54) is 0 Å². The molecule has 2 aliphatic rings. The summed E-state index contributed by atoms with van der Waals surface area (Å²) in [5, 5.41) is 0.927. The standard InChI is InChI=1S/C30H39N5O5S/c1-40-13-4-14-41(38,39)35-11-8-21(9-12-35)26-18-33-28-24(26)16-23(17-25(28)29(31)36)22-6-2-5-20(15-22)19-34-10-3-7-27(34)30(32)37/h2,5-6,15-18,21,27,33H,3-4,7-14,19H2,1H3,(H2,31,36)(H2,32,37)/t27-/m0/s1. The van der Waals surface area contributed by atoms with Crippen molar-refractivity contribution in [1.82, 2.24) is 14.2 Å². The van der Waals surface area contributed by atoms with Crippen LogP contribution in [0.2, 0.25) is 0 Å². The van der Waals surface area contributed by atoms with Gasteiger partial charge in [0.05, 0.1) is 22.9 Å². The number of carbonyl (C=O) groups is 2. The first-order valence-electron chi connectivity index (χ1n) is 14.2. The normalized spacial score (nSPS) is 19.2. The van der Waals surface area contributed by atoms with Crippen molar-refractivity contribution in [1.29, 1.82) is 0 Å². The van der Waals surface area contributed by atoms with E-state index in [9.17, 15) is 18.0 Å². The van der Waals surface area contributed by atoms with Crippen molar-refractivity contribution >= 4 is 32.7 Å². The number of sulfonamides is 1. The Balaban J connectivity index is 1.40. The number of hydrogen-bond donors (Lipinski definition) is 3. The summed E-state index contributed by atoms with van der Waals surface area (Å²) in [6.45, 7) is 2.79. The van der Waals surface area contributed by atoms with Crippen LogP contribution < -0.4 is 11.5 Å². The van der Waals surface area contributed by atoms with Crippen molar-refractivity contribution in [2.24, 2.45) is 11.5 Å². The molecule has 2 amide bonds. The Bertz CT molecular complexity index is 1530. The minimum absolute atomic E-state index is 0.0872. The molecule has 10 nitrogen and oxygen atoms in total. The highest BCUT2D eigenvalue weighted by Gasteiger charge is 2.31. The fraction of sp³-hybridized carbons (Fsp3) is 0.467. The molecule has 5 N–H and O–H groups in total. The van der Waals surface area contributed by atoms with Gasteiger partial charge in [-0.2, -0.15) is 0 Å². The number of aromatic amines is 1. The predicted molar refractivity (Wildman–Crippen MR) is 159 cm³/mol. The van der Waals surface area contributed by atoms with Gasteiger partial charge in [0.25, 0.3) is 5.91 Å². The number of H-pyrrole nitrogens is 1. The molecular weight excluding hydrogens is 542 g/mol. The number of hydrogen-bond acceptors (Lipinski definition) is 6. The van der Waals surface area contributed by atoms with Crippen LogP contribution in [0.15, 0.2) is 42.6 Å². The molecule has 2 aromatic carbocycles. The van der Waals surface area contributed by atoms with E-state index >= 15 is 0 Å². The van der Waals surface area contributed by atoms with Crippen LogP contribution in [-0.4, -0.2) is 79.6 Å². The highest BCUT2D eigenvalue weighted by molar-refractivity contribution is 7.89. The van der Waals surface area contributed by atoms with Crippen LogP contribution in [0.1, 0.15) is 59.5 Å². The Morgan fingerprint density at radius 2 is 1.83 bits per heavy atom. The third kappa shape index (κ3) is 6.33. The fourth-order valence-electron chi connectivity index (χ4n) is 6.33. The number of rotatable bonds is 11. The average Bonchev–Trinajstić information content (AvgIpc) is 3.60. The Kier molecular flexibility index (Phi) is 8.79. The van der Waals surface area contributed by atoms with Gasteiger partial charge >= 0.3 is 0 Å². The van der Waals surface area contributed by atoms with Gasteiger partial charge in [0.2, 0.25) is 15.9 Å². The van der Waals surface area contributed by atoms with E-state index in [0.29, 0.717) is 56.6 Å². The molecule has 0 spiro atoms. The number of aromatic nitrogens is 1. The Labute approximate surface area is 241 Å². The van der Waals surface area contributed by atoms with E-state index in [4.69, 9.17) is 16.2 Å². The Morgan fingerprint density at radius 1 is 1.05 bits per heavy atom. The lowest BCUT2D eigenvalue weighted by Crippen LogP contribution is -2.39. The molecule has 41 heavy (non-hydrogen) atoms. The zero-order chi connectivity index (χ0) is 29.1. The molecule has 2 fully saturated rings. The van der Waals surface area contributed by atoms with Crippen LogP contribution in [-0.2, 0) is 26.1 Å². The average molecular weight is 582 g/mol. The molecule has 2 saturated heterocycles. The second-order valence-corrected chi connectivity index (χ2v) is 13.2. The maximum Gasteiger partial charge on any atom is 0.250 e. The van der Waals surface area contributed by atoms with Crippen molar-refractivity contribution in [2.75, 3.05) is 39.1 Å². The van der Waals surface area contributed by atoms with Crippen LogP contribution in [0, 0.1) is 0 Å². The maximum absolute atomic E-state index is 12.8. The summed E-state index contributed by atoms with van der Waals surface area (Å²) in [5.41, 5.74) is 16.5. The van der Waals surface area contributed by atoms with Gasteiger partial charge in [-0.15, -0.1) is 0 Å². The van der Waals surface area contributed by atoms with Crippen LogP contribution >= 0.6 is 0 Å². The van der Waals surface area contributed by atoms with E-state index in [1.807, 2.05) is 30.5 Å². The summed E-state index contributed by atoms with van der Waals surface area (Å²) in [5.74, 6) is -0.564. The summed E-state index contributed by atoms with van der Waals surface area (Å²) >= 11 is 0. The minimum atomic E-state index is -3.32. The topological polar surface area (TPSA) is 152 Å². The molecule has 1 aromatic heterocycles. The number of fused-ring (bicyclic) bond motifs is 1. The van der Waals surface area contributed by atoms with E-state index in [-0.39, 0.29) is 23.6 Å². The lowest BCUT2D eigenvalue weighted by Gasteiger charge is -2.31. The molecular formula is C30H39N5O5S. The number of amides is 2. The van der Waals surface area contributed by atoms with Gasteiger partial charge in [0.15, 0.2) is 0 Å². The number of primary amides is 2. The lowest BCUT2D eigenvalue weighted by molar-refractivity contribution is -0.122. The molecule has 1 atom stereocenters. The number of nitrogens with two attached hydrogens (primary N) is 2. The number of piperidine rings is 1. The molecule has 3 aromatic rings. The van der Waals surface area contributed by atoms with Crippen LogP contribution in [0.3, 0.4) is 0 Å². The molecule has 2 aliphatic heterocycles. The summed E-state index contributed by atoms with van der Waals surface area (Å²) in [4.78, 5) is 29.8. The minimum Gasteiger partial charge on any atom is -0.385 e. The summed E-state index contributed by atoms with van der Waals surface area (Å²) in [6.07, 6.45) is 5.52. The molecule has 220 valence electrons. The number of benzene rings is 2. The second-order valence-electron chi connectivity index (χ2n) is 11.1. The van der Waals surface area contributed by atoms with Gasteiger partial charge in [-0.25, -0.2) is 12.7 Å². The zero-order valence-electron chi connectivity index (χ0n) is 23.5. The number of nitrogens with zero attached hydrogens (tertiary/aromatic N) is 2. The highest BCUT2D eigenvalue weighted by atomic mass is 32.2. The molecule has 0 aliphatic carbocycles.